The van der Waals surface area contributed by atoms with E-state index >= 15 is 0 Å². The van der Waals surface area contributed by atoms with Gasteiger partial charge in [0.05, 0.1) is 0 Å². The number of fused-ring (bicyclic) bond motifs is 1. The third-order valence-electron chi connectivity index (χ3n) is 3.86. The molecule has 1 atom stereocenters. The Morgan fingerprint density at radius 2 is 2.00 bits per heavy atom. The molecule has 3 heteroatoms. The average molecular weight is 233 g/mol. The fourth-order valence-corrected chi connectivity index (χ4v) is 2.91. The second-order valence-electron chi connectivity index (χ2n) is 5.03. The van der Waals surface area contributed by atoms with Crippen molar-refractivity contribution in [2.75, 3.05) is 19.7 Å². The molecule has 0 amide bonds. The van der Waals surface area contributed by atoms with Crippen LogP contribution in [0.4, 0.5) is 0 Å². The zero-order valence-electron chi connectivity index (χ0n) is 10.1. The normalized spacial score (nSPS) is 25.1. The summed E-state index contributed by atoms with van der Waals surface area (Å²) in [6.07, 6.45) is 4.98. The fourth-order valence-electron chi connectivity index (χ4n) is 2.91. The molecule has 3 nitrogen and oxygen atoms in total. The predicted molar refractivity (Wildman–Crippen MR) is 66.5 cm³/mol. The molecule has 0 aliphatic carbocycles. The molecule has 1 N–H and O–H groups in total. The van der Waals surface area contributed by atoms with E-state index in [2.05, 4.69) is 11.0 Å². The molecule has 1 unspecified atom stereocenters. The maximum absolute atomic E-state index is 9.71. The van der Waals surface area contributed by atoms with Crippen molar-refractivity contribution in [3.63, 3.8) is 0 Å². The Hall–Kier alpha value is -1.22. The number of benzene rings is 1. The van der Waals surface area contributed by atoms with Crippen LogP contribution in [0.5, 0.6) is 11.5 Å². The van der Waals surface area contributed by atoms with E-state index in [9.17, 15) is 5.11 Å². The smallest absolute Gasteiger partial charge is 0.164 e. The van der Waals surface area contributed by atoms with Gasteiger partial charge in [0.2, 0.25) is 0 Å². The number of phenols is 1. The highest BCUT2D eigenvalue weighted by Gasteiger charge is 2.27. The van der Waals surface area contributed by atoms with E-state index in [1.807, 2.05) is 6.07 Å². The first-order valence-corrected chi connectivity index (χ1v) is 6.52. The number of hydrogen-bond donors (Lipinski definition) is 1. The van der Waals surface area contributed by atoms with E-state index in [4.69, 9.17) is 4.74 Å². The van der Waals surface area contributed by atoms with Crippen molar-refractivity contribution < 1.29 is 9.84 Å². The van der Waals surface area contributed by atoms with Crippen molar-refractivity contribution in [3.05, 3.63) is 23.8 Å². The molecule has 1 aromatic rings. The first kappa shape index (κ1) is 10.9. The summed E-state index contributed by atoms with van der Waals surface area (Å²) in [5.74, 6) is 0.973. The summed E-state index contributed by atoms with van der Waals surface area (Å²) < 4.78 is 5.73. The number of likely N-dealkylation sites (tertiary alicyclic amines) is 1. The van der Waals surface area contributed by atoms with Crippen molar-refractivity contribution in [2.24, 2.45) is 0 Å². The molecule has 0 bridgehead atoms. The second kappa shape index (κ2) is 4.57. The lowest BCUT2D eigenvalue weighted by Gasteiger charge is -2.37. The third kappa shape index (κ3) is 2.12. The highest BCUT2D eigenvalue weighted by Crippen LogP contribution is 2.35. The number of rotatable bonds is 1. The second-order valence-corrected chi connectivity index (χ2v) is 5.03. The van der Waals surface area contributed by atoms with E-state index in [-0.39, 0.29) is 5.75 Å². The highest BCUT2D eigenvalue weighted by atomic mass is 16.5. The number of aromatic hydroxyl groups is 1. The van der Waals surface area contributed by atoms with E-state index in [1.54, 1.807) is 6.07 Å². The van der Waals surface area contributed by atoms with Gasteiger partial charge in [-0.25, -0.2) is 0 Å². The van der Waals surface area contributed by atoms with Crippen LogP contribution in [0.3, 0.4) is 0 Å². The molecule has 2 heterocycles. The topological polar surface area (TPSA) is 32.7 Å². The molecule has 1 saturated heterocycles. The number of hydrogen-bond acceptors (Lipinski definition) is 3. The Morgan fingerprint density at radius 1 is 1.18 bits per heavy atom. The molecule has 0 saturated carbocycles. The lowest BCUT2D eigenvalue weighted by atomic mass is 9.99. The molecule has 1 fully saturated rings. The van der Waals surface area contributed by atoms with Gasteiger partial charge in [-0.05, 0) is 44.0 Å². The molecule has 2 aliphatic heterocycles. The summed E-state index contributed by atoms with van der Waals surface area (Å²) >= 11 is 0. The number of para-hydroxylation sites is 1. The quantitative estimate of drug-likeness (QED) is 0.807. The lowest BCUT2D eigenvalue weighted by molar-refractivity contribution is 0.0993. The van der Waals surface area contributed by atoms with Gasteiger partial charge in [-0.2, -0.15) is 0 Å². The third-order valence-corrected chi connectivity index (χ3v) is 3.86. The average Bonchev–Trinajstić information content (AvgIpc) is 2.40. The minimum Gasteiger partial charge on any atom is -0.504 e. The Labute approximate surface area is 102 Å². The predicted octanol–water partition coefficient (Wildman–Crippen LogP) is 2.18. The van der Waals surface area contributed by atoms with Gasteiger partial charge in [0.25, 0.3) is 0 Å². The highest BCUT2D eigenvalue weighted by molar-refractivity contribution is 5.47. The molecule has 17 heavy (non-hydrogen) atoms. The Kier molecular flexibility index (Phi) is 2.93. The van der Waals surface area contributed by atoms with E-state index in [0.717, 1.165) is 12.0 Å². The number of phenolic OH excluding ortho intramolecular Hbond substituents is 1. The maximum atomic E-state index is 9.71. The van der Waals surface area contributed by atoms with E-state index < -0.39 is 0 Å². The maximum Gasteiger partial charge on any atom is 0.164 e. The zero-order chi connectivity index (χ0) is 11.7. The zero-order valence-corrected chi connectivity index (χ0v) is 10.1. The van der Waals surface area contributed by atoms with Crippen LogP contribution in [0, 0.1) is 0 Å². The SMILES string of the molecule is Oc1cccc2c1OCC(N1CCCCC1)C2. The van der Waals surface area contributed by atoms with Crippen LogP contribution in [0.1, 0.15) is 24.8 Å². The Balaban J connectivity index is 1.76. The number of piperidine rings is 1. The standard InChI is InChI=1S/C14H19NO2/c16-13-6-4-5-11-9-12(10-17-14(11)13)15-7-2-1-3-8-15/h4-6,12,16H,1-3,7-10H2. The van der Waals surface area contributed by atoms with Gasteiger partial charge < -0.3 is 9.84 Å². The van der Waals surface area contributed by atoms with Gasteiger partial charge in [0.1, 0.15) is 6.61 Å². The summed E-state index contributed by atoms with van der Waals surface area (Å²) in [5.41, 5.74) is 1.15. The summed E-state index contributed by atoms with van der Waals surface area (Å²) in [5, 5.41) is 9.71. The van der Waals surface area contributed by atoms with Crippen LogP contribution in [0.2, 0.25) is 0 Å². The monoisotopic (exact) mass is 233 g/mol. The molecular formula is C14H19NO2. The molecule has 0 spiro atoms. The summed E-state index contributed by atoms with van der Waals surface area (Å²) in [7, 11) is 0. The minimum absolute atomic E-state index is 0.277. The van der Waals surface area contributed by atoms with Crippen molar-refractivity contribution in [1.29, 1.82) is 0 Å². The van der Waals surface area contributed by atoms with Gasteiger partial charge in [-0.1, -0.05) is 18.6 Å². The van der Waals surface area contributed by atoms with Gasteiger partial charge in [0, 0.05) is 6.04 Å². The summed E-state index contributed by atoms with van der Waals surface area (Å²) in [6, 6.07) is 6.14. The molecule has 1 aromatic carbocycles. The summed E-state index contributed by atoms with van der Waals surface area (Å²) in [6.45, 7) is 3.11. The lowest BCUT2D eigenvalue weighted by Crippen LogP contribution is -2.45. The molecular weight excluding hydrogens is 214 g/mol. The molecule has 92 valence electrons. The van der Waals surface area contributed by atoms with E-state index in [0.29, 0.717) is 18.4 Å². The van der Waals surface area contributed by atoms with Crippen LogP contribution in [0.25, 0.3) is 0 Å². The van der Waals surface area contributed by atoms with Crippen LogP contribution in [0.15, 0.2) is 18.2 Å². The van der Waals surface area contributed by atoms with Gasteiger partial charge in [-0.15, -0.1) is 0 Å². The number of nitrogens with zero attached hydrogens (tertiary/aromatic N) is 1. The van der Waals surface area contributed by atoms with Gasteiger partial charge in [0.15, 0.2) is 11.5 Å². The molecule has 3 rings (SSSR count). The van der Waals surface area contributed by atoms with Crippen molar-refractivity contribution in [2.45, 2.75) is 31.7 Å². The van der Waals surface area contributed by atoms with Crippen LogP contribution >= 0.6 is 0 Å². The van der Waals surface area contributed by atoms with E-state index in [1.165, 1.54) is 32.4 Å². The molecule has 0 radical (unpaired) electrons. The Morgan fingerprint density at radius 3 is 2.82 bits per heavy atom. The van der Waals surface area contributed by atoms with Gasteiger partial charge >= 0.3 is 0 Å². The summed E-state index contributed by atoms with van der Waals surface area (Å²) in [4.78, 5) is 2.54. The molecule has 0 aromatic heterocycles. The Bertz CT molecular complexity index is 399. The van der Waals surface area contributed by atoms with Crippen LogP contribution in [-0.2, 0) is 6.42 Å². The molecule has 2 aliphatic rings. The van der Waals surface area contributed by atoms with Crippen molar-refractivity contribution in [1.82, 2.24) is 4.90 Å². The first-order valence-electron chi connectivity index (χ1n) is 6.52. The van der Waals surface area contributed by atoms with Crippen LogP contribution in [-0.4, -0.2) is 35.7 Å². The van der Waals surface area contributed by atoms with Gasteiger partial charge in [-0.3, -0.25) is 4.90 Å². The fraction of sp³-hybridized carbons (Fsp3) is 0.571. The van der Waals surface area contributed by atoms with Crippen molar-refractivity contribution >= 4 is 0 Å². The minimum atomic E-state index is 0.277. The largest absolute Gasteiger partial charge is 0.504 e. The first-order chi connectivity index (χ1) is 8.34. The van der Waals surface area contributed by atoms with Crippen LogP contribution < -0.4 is 4.74 Å². The number of ether oxygens (including phenoxy) is 1. The van der Waals surface area contributed by atoms with Crippen molar-refractivity contribution in [3.8, 4) is 11.5 Å².